The molecule has 0 amide bonds. The molecule has 5 nitrogen and oxygen atoms in total. The number of phenols is 1. The number of benzene rings is 3. The van der Waals surface area contributed by atoms with Crippen molar-refractivity contribution in [2.24, 2.45) is 0 Å². The minimum absolute atomic E-state index is 0.0125. The van der Waals surface area contributed by atoms with Gasteiger partial charge in [0.05, 0.1) is 27.0 Å². The zero-order chi connectivity index (χ0) is 22.7. The number of rotatable bonds is 6. The van der Waals surface area contributed by atoms with E-state index < -0.39 is 0 Å². The number of anilines is 1. The number of halogens is 1. The Kier molecular flexibility index (Phi) is 6.65. The largest absolute Gasteiger partial charge is 0.502 e. The molecule has 0 saturated heterocycles. The standard InChI is InChI=1S/C25H26FNO4S/c1-29-19-7-8-20-24(14-19)32-23(17-5-4-6-18(26)13-17)9-10-27(20)15-16-11-21(30-2)25(28)22(12-16)31-3/h4-8,11-14,23,28H,9-10,15H2,1-3H3/t23-/m1/s1. The summed E-state index contributed by atoms with van der Waals surface area (Å²) >= 11 is 1.72. The third-order valence-corrected chi connectivity index (χ3v) is 6.94. The molecule has 4 rings (SSSR count). The first-order chi connectivity index (χ1) is 15.5. The number of methoxy groups -OCH3 is 3. The van der Waals surface area contributed by atoms with E-state index in [4.69, 9.17) is 14.2 Å². The van der Waals surface area contributed by atoms with E-state index in [0.29, 0.717) is 18.0 Å². The molecule has 1 heterocycles. The van der Waals surface area contributed by atoms with E-state index in [1.54, 1.807) is 31.0 Å². The molecule has 0 aromatic heterocycles. The third kappa shape index (κ3) is 4.58. The number of nitrogens with zero attached hydrogens (tertiary/aromatic N) is 1. The van der Waals surface area contributed by atoms with Crippen molar-refractivity contribution in [1.82, 2.24) is 0 Å². The number of thioether (sulfide) groups is 1. The van der Waals surface area contributed by atoms with Crippen LogP contribution in [0.4, 0.5) is 10.1 Å². The van der Waals surface area contributed by atoms with Crippen molar-refractivity contribution in [3.63, 3.8) is 0 Å². The highest BCUT2D eigenvalue weighted by molar-refractivity contribution is 7.99. The highest BCUT2D eigenvalue weighted by atomic mass is 32.2. The van der Waals surface area contributed by atoms with E-state index in [-0.39, 0.29) is 16.8 Å². The fraction of sp³-hybridized carbons (Fsp3) is 0.280. The van der Waals surface area contributed by atoms with Crippen molar-refractivity contribution in [1.29, 1.82) is 0 Å². The van der Waals surface area contributed by atoms with Gasteiger partial charge in [0.1, 0.15) is 11.6 Å². The van der Waals surface area contributed by atoms with Crippen LogP contribution < -0.4 is 19.1 Å². The normalized spacial score (nSPS) is 15.6. The first kappa shape index (κ1) is 22.1. The third-order valence-electron chi connectivity index (χ3n) is 5.57. The Bertz CT molecular complexity index is 1080. The topological polar surface area (TPSA) is 51.2 Å². The van der Waals surface area contributed by atoms with Gasteiger partial charge in [-0.2, -0.15) is 0 Å². The second kappa shape index (κ2) is 9.61. The van der Waals surface area contributed by atoms with Gasteiger partial charge in [0.15, 0.2) is 11.5 Å². The number of aromatic hydroxyl groups is 1. The van der Waals surface area contributed by atoms with Crippen LogP contribution in [-0.2, 0) is 6.54 Å². The monoisotopic (exact) mass is 455 g/mol. The molecule has 1 aliphatic rings. The second-order valence-electron chi connectivity index (χ2n) is 7.55. The van der Waals surface area contributed by atoms with Gasteiger partial charge in [0.2, 0.25) is 5.75 Å². The minimum Gasteiger partial charge on any atom is -0.502 e. The average molecular weight is 456 g/mol. The first-order valence-corrected chi connectivity index (χ1v) is 11.2. The molecule has 0 saturated carbocycles. The summed E-state index contributed by atoms with van der Waals surface area (Å²) in [6.45, 7) is 1.38. The molecule has 0 fully saturated rings. The Morgan fingerprint density at radius 1 is 1.00 bits per heavy atom. The smallest absolute Gasteiger partial charge is 0.200 e. The molecular formula is C25H26FNO4S. The predicted octanol–water partition coefficient (Wildman–Crippen LogP) is 5.80. The lowest BCUT2D eigenvalue weighted by Crippen LogP contribution is -2.24. The number of fused-ring (bicyclic) bond motifs is 1. The molecule has 7 heteroatoms. The van der Waals surface area contributed by atoms with E-state index in [1.807, 2.05) is 30.3 Å². The summed E-state index contributed by atoms with van der Waals surface area (Å²) in [6, 6.07) is 16.5. The number of ether oxygens (including phenoxy) is 3. The SMILES string of the molecule is COc1ccc2c(c1)S[C@@H](c1cccc(F)c1)CCN2Cc1cc(OC)c(O)c(OC)c1. The van der Waals surface area contributed by atoms with E-state index >= 15 is 0 Å². The molecule has 168 valence electrons. The van der Waals surface area contributed by atoms with Crippen molar-refractivity contribution in [2.75, 3.05) is 32.8 Å². The van der Waals surface area contributed by atoms with E-state index in [2.05, 4.69) is 11.0 Å². The highest BCUT2D eigenvalue weighted by Gasteiger charge is 2.25. The van der Waals surface area contributed by atoms with Crippen LogP contribution in [0.3, 0.4) is 0 Å². The van der Waals surface area contributed by atoms with Crippen molar-refractivity contribution in [3.8, 4) is 23.0 Å². The van der Waals surface area contributed by atoms with Gasteiger partial charge in [-0.25, -0.2) is 4.39 Å². The van der Waals surface area contributed by atoms with Crippen molar-refractivity contribution >= 4 is 17.4 Å². The van der Waals surface area contributed by atoms with Gasteiger partial charge in [0, 0.05) is 23.2 Å². The summed E-state index contributed by atoms with van der Waals surface area (Å²) in [7, 11) is 4.69. The maximum Gasteiger partial charge on any atom is 0.200 e. The van der Waals surface area contributed by atoms with Crippen molar-refractivity contribution in [2.45, 2.75) is 23.1 Å². The van der Waals surface area contributed by atoms with Gasteiger partial charge in [-0.05, 0) is 60.0 Å². The maximum absolute atomic E-state index is 13.9. The summed E-state index contributed by atoms with van der Waals surface area (Å²) in [5, 5.41) is 10.4. The van der Waals surface area contributed by atoms with Crippen LogP contribution in [0.1, 0.15) is 22.8 Å². The second-order valence-corrected chi connectivity index (χ2v) is 8.80. The number of phenolic OH excluding ortho intramolecular Hbond substituents is 1. The van der Waals surface area contributed by atoms with Crippen LogP contribution in [0, 0.1) is 5.82 Å². The van der Waals surface area contributed by atoms with Gasteiger partial charge < -0.3 is 24.2 Å². The lowest BCUT2D eigenvalue weighted by atomic mass is 10.1. The predicted molar refractivity (Wildman–Crippen MR) is 125 cm³/mol. The van der Waals surface area contributed by atoms with Crippen LogP contribution >= 0.6 is 11.8 Å². The Morgan fingerprint density at radius 3 is 2.41 bits per heavy atom. The van der Waals surface area contributed by atoms with E-state index in [0.717, 1.165) is 40.4 Å². The molecule has 0 spiro atoms. The van der Waals surface area contributed by atoms with Crippen LogP contribution in [0.2, 0.25) is 0 Å². The van der Waals surface area contributed by atoms with Crippen LogP contribution in [0.25, 0.3) is 0 Å². The average Bonchev–Trinajstić information content (AvgIpc) is 2.99. The summed E-state index contributed by atoms with van der Waals surface area (Å²) in [4.78, 5) is 3.36. The molecule has 0 aliphatic carbocycles. The molecule has 0 unspecified atom stereocenters. The van der Waals surface area contributed by atoms with E-state index in [1.165, 1.54) is 20.3 Å². The Labute approximate surface area is 191 Å². The fourth-order valence-electron chi connectivity index (χ4n) is 3.95. The summed E-state index contributed by atoms with van der Waals surface area (Å²) in [6.07, 6.45) is 0.845. The highest BCUT2D eigenvalue weighted by Crippen LogP contribution is 2.47. The summed E-state index contributed by atoms with van der Waals surface area (Å²) in [5.41, 5.74) is 3.01. The molecule has 1 N–H and O–H groups in total. The van der Waals surface area contributed by atoms with Gasteiger partial charge in [-0.1, -0.05) is 12.1 Å². The zero-order valence-electron chi connectivity index (χ0n) is 18.3. The molecule has 0 bridgehead atoms. The number of hydrogen-bond acceptors (Lipinski definition) is 6. The van der Waals surface area contributed by atoms with Gasteiger partial charge in [-0.3, -0.25) is 0 Å². The molecule has 3 aromatic carbocycles. The molecule has 1 aliphatic heterocycles. The Hall–Kier alpha value is -3.06. The van der Waals surface area contributed by atoms with E-state index in [9.17, 15) is 9.50 Å². The fourth-order valence-corrected chi connectivity index (χ4v) is 5.26. The van der Waals surface area contributed by atoms with Crippen molar-refractivity contribution < 1.29 is 23.7 Å². The molecule has 3 aromatic rings. The first-order valence-electron chi connectivity index (χ1n) is 10.3. The van der Waals surface area contributed by atoms with Crippen LogP contribution in [-0.4, -0.2) is 33.0 Å². The zero-order valence-corrected chi connectivity index (χ0v) is 19.1. The van der Waals surface area contributed by atoms with Crippen molar-refractivity contribution in [3.05, 3.63) is 71.5 Å². The summed E-state index contributed by atoms with van der Waals surface area (Å²) in [5.74, 6) is 1.29. The quantitative estimate of drug-likeness (QED) is 0.507. The lowest BCUT2D eigenvalue weighted by Gasteiger charge is -2.25. The van der Waals surface area contributed by atoms with Gasteiger partial charge >= 0.3 is 0 Å². The molecule has 0 radical (unpaired) electrons. The van der Waals surface area contributed by atoms with Gasteiger partial charge in [-0.15, -0.1) is 11.8 Å². The molecule has 1 atom stereocenters. The minimum atomic E-state index is -0.224. The number of hydrogen-bond donors (Lipinski definition) is 1. The Morgan fingerprint density at radius 2 is 1.75 bits per heavy atom. The van der Waals surface area contributed by atoms with Crippen LogP contribution in [0.5, 0.6) is 23.0 Å². The van der Waals surface area contributed by atoms with Crippen LogP contribution in [0.15, 0.2) is 59.5 Å². The lowest BCUT2D eigenvalue weighted by molar-refractivity contribution is 0.339. The maximum atomic E-state index is 13.9. The molecule has 32 heavy (non-hydrogen) atoms. The molecular weight excluding hydrogens is 429 g/mol. The summed E-state index contributed by atoms with van der Waals surface area (Å²) < 4.78 is 30.0. The Balaban J connectivity index is 1.70. The van der Waals surface area contributed by atoms with Gasteiger partial charge in [0.25, 0.3) is 0 Å².